The van der Waals surface area contributed by atoms with Crippen molar-refractivity contribution in [3.63, 3.8) is 0 Å². The molecular weight excluding hydrogens is 130 g/mol. The fourth-order valence-electron chi connectivity index (χ4n) is 1.52. The van der Waals surface area contributed by atoms with Crippen molar-refractivity contribution in [2.45, 2.75) is 25.8 Å². The minimum absolute atomic E-state index is 0.0758. The van der Waals surface area contributed by atoms with Gasteiger partial charge in [-0.3, -0.25) is 4.79 Å². The van der Waals surface area contributed by atoms with E-state index in [4.69, 9.17) is 5.11 Å². The van der Waals surface area contributed by atoms with E-state index >= 15 is 0 Å². The van der Waals surface area contributed by atoms with E-state index in [1.54, 1.807) is 7.05 Å². The van der Waals surface area contributed by atoms with E-state index < -0.39 is 11.5 Å². The van der Waals surface area contributed by atoms with E-state index in [1.165, 1.54) is 0 Å². The van der Waals surface area contributed by atoms with Gasteiger partial charge in [-0.2, -0.15) is 0 Å². The third-order valence-electron chi connectivity index (χ3n) is 2.53. The van der Waals surface area contributed by atoms with Crippen molar-refractivity contribution in [1.29, 1.82) is 0 Å². The molecule has 1 rings (SSSR count). The molecule has 0 heterocycles. The van der Waals surface area contributed by atoms with E-state index in [9.17, 15) is 4.79 Å². The minimum atomic E-state index is -0.736. The van der Waals surface area contributed by atoms with Gasteiger partial charge in [-0.1, -0.05) is 13.8 Å². The van der Waals surface area contributed by atoms with Crippen molar-refractivity contribution in [2.75, 3.05) is 7.05 Å². The van der Waals surface area contributed by atoms with Crippen molar-refractivity contribution in [1.82, 2.24) is 5.32 Å². The fourth-order valence-corrected chi connectivity index (χ4v) is 1.52. The van der Waals surface area contributed by atoms with E-state index in [-0.39, 0.29) is 5.41 Å². The second-order valence-electron chi connectivity index (χ2n) is 3.52. The molecule has 0 spiro atoms. The van der Waals surface area contributed by atoms with Crippen LogP contribution in [-0.4, -0.2) is 23.7 Å². The van der Waals surface area contributed by atoms with Crippen LogP contribution >= 0.6 is 0 Å². The molecule has 0 aromatic rings. The third kappa shape index (κ3) is 0.669. The first-order valence-electron chi connectivity index (χ1n) is 3.38. The summed E-state index contributed by atoms with van der Waals surface area (Å²) in [5.74, 6) is -0.736. The first-order chi connectivity index (χ1) is 4.46. The average molecular weight is 143 g/mol. The Morgan fingerprint density at radius 1 is 1.60 bits per heavy atom. The summed E-state index contributed by atoms with van der Waals surface area (Å²) in [5.41, 5.74) is -0.722. The summed E-state index contributed by atoms with van der Waals surface area (Å²) < 4.78 is 0. The summed E-state index contributed by atoms with van der Waals surface area (Å²) in [6.07, 6.45) is 0.728. The number of hydrogen-bond donors (Lipinski definition) is 2. The summed E-state index contributed by atoms with van der Waals surface area (Å²) in [6.45, 7) is 3.91. The molecule has 3 heteroatoms. The number of hydrogen-bond acceptors (Lipinski definition) is 2. The predicted molar refractivity (Wildman–Crippen MR) is 37.8 cm³/mol. The topological polar surface area (TPSA) is 49.3 Å². The summed E-state index contributed by atoms with van der Waals surface area (Å²) in [4.78, 5) is 10.7. The van der Waals surface area contributed by atoms with Crippen molar-refractivity contribution in [3.05, 3.63) is 0 Å². The molecule has 10 heavy (non-hydrogen) atoms. The molecule has 1 unspecified atom stereocenters. The number of nitrogens with one attached hydrogen (secondary N) is 1. The first-order valence-corrected chi connectivity index (χ1v) is 3.38. The molecular formula is C7H13NO2. The highest BCUT2D eigenvalue weighted by Gasteiger charge is 2.66. The van der Waals surface area contributed by atoms with Gasteiger partial charge in [0.25, 0.3) is 0 Å². The Hall–Kier alpha value is -0.570. The predicted octanol–water partition coefficient (Wildman–Crippen LogP) is 0.459. The Bertz CT molecular complexity index is 176. The molecule has 1 aliphatic carbocycles. The van der Waals surface area contributed by atoms with Gasteiger partial charge in [0, 0.05) is 0 Å². The van der Waals surface area contributed by atoms with Crippen LogP contribution in [0.25, 0.3) is 0 Å². The number of aliphatic carboxylic acids is 1. The zero-order valence-electron chi connectivity index (χ0n) is 6.56. The van der Waals surface area contributed by atoms with Crippen molar-refractivity contribution in [2.24, 2.45) is 5.41 Å². The van der Waals surface area contributed by atoms with E-state index in [1.807, 2.05) is 13.8 Å². The van der Waals surface area contributed by atoms with Crippen LogP contribution < -0.4 is 5.32 Å². The molecule has 0 aromatic carbocycles. The molecule has 1 aliphatic rings. The quantitative estimate of drug-likeness (QED) is 0.590. The van der Waals surface area contributed by atoms with Crippen molar-refractivity contribution in [3.8, 4) is 0 Å². The highest BCUT2D eigenvalue weighted by atomic mass is 16.4. The summed E-state index contributed by atoms with van der Waals surface area (Å²) in [5, 5.41) is 11.6. The Morgan fingerprint density at radius 3 is 2.00 bits per heavy atom. The van der Waals surface area contributed by atoms with E-state index in [0.29, 0.717) is 0 Å². The van der Waals surface area contributed by atoms with Crippen LogP contribution in [0.2, 0.25) is 0 Å². The normalized spacial score (nSPS) is 35.5. The number of likely N-dealkylation sites (N-methyl/N-ethyl adjacent to an activating group) is 1. The van der Waals surface area contributed by atoms with Gasteiger partial charge in [-0.15, -0.1) is 0 Å². The van der Waals surface area contributed by atoms with Gasteiger partial charge in [0.15, 0.2) is 0 Å². The van der Waals surface area contributed by atoms with Gasteiger partial charge < -0.3 is 10.4 Å². The van der Waals surface area contributed by atoms with Crippen LogP contribution in [0.15, 0.2) is 0 Å². The molecule has 0 amide bonds. The molecule has 1 fully saturated rings. The Morgan fingerprint density at radius 2 is 2.00 bits per heavy atom. The van der Waals surface area contributed by atoms with E-state index in [2.05, 4.69) is 5.32 Å². The summed E-state index contributed by atoms with van der Waals surface area (Å²) >= 11 is 0. The zero-order valence-corrected chi connectivity index (χ0v) is 6.56. The maximum atomic E-state index is 10.7. The van der Waals surface area contributed by atoms with Crippen LogP contribution in [0.1, 0.15) is 20.3 Å². The number of carboxylic acid groups (broad SMARTS) is 1. The maximum Gasteiger partial charge on any atom is 0.324 e. The lowest BCUT2D eigenvalue weighted by Gasteiger charge is -2.13. The van der Waals surface area contributed by atoms with Crippen LogP contribution in [0.5, 0.6) is 0 Å². The smallest absolute Gasteiger partial charge is 0.324 e. The lowest BCUT2D eigenvalue weighted by molar-refractivity contribution is -0.141. The lowest BCUT2D eigenvalue weighted by Crippen LogP contribution is -2.40. The standard InChI is InChI=1S/C7H13NO2/c1-6(2)4-7(6,8-3)5(9)10/h8H,4H2,1-3H3,(H,9,10). The van der Waals surface area contributed by atoms with Gasteiger partial charge in [0.1, 0.15) is 5.54 Å². The summed E-state index contributed by atoms with van der Waals surface area (Å²) in [6, 6.07) is 0. The molecule has 0 bridgehead atoms. The summed E-state index contributed by atoms with van der Waals surface area (Å²) in [7, 11) is 1.70. The largest absolute Gasteiger partial charge is 0.480 e. The van der Waals surface area contributed by atoms with Gasteiger partial charge in [0.2, 0.25) is 0 Å². The Balaban J connectivity index is 2.78. The molecule has 1 saturated carbocycles. The second kappa shape index (κ2) is 1.72. The van der Waals surface area contributed by atoms with Crippen LogP contribution in [0, 0.1) is 5.41 Å². The highest BCUT2D eigenvalue weighted by molar-refractivity contribution is 5.84. The molecule has 1 atom stereocenters. The zero-order chi connectivity index (χ0) is 7.99. The van der Waals surface area contributed by atoms with Gasteiger partial charge in [-0.25, -0.2) is 0 Å². The molecule has 0 saturated heterocycles. The Kier molecular flexibility index (Phi) is 1.30. The van der Waals surface area contributed by atoms with Gasteiger partial charge >= 0.3 is 5.97 Å². The average Bonchev–Trinajstić information content (AvgIpc) is 2.35. The lowest BCUT2D eigenvalue weighted by atomic mass is 10.1. The Labute approximate surface area is 60.4 Å². The van der Waals surface area contributed by atoms with Crippen LogP contribution in [0.3, 0.4) is 0 Å². The molecule has 0 aliphatic heterocycles. The first kappa shape index (κ1) is 7.54. The third-order valence-corrected chi connectivity index (χ3v) is 2.53. The minimum Gasteiger partial charge on any atom is -0.480 e. The molecule has 3 nitrogen and oxygen atoms in total. The fraction of sp³-hybridized carbons (Fsp3) is 0.857. The SMILES string of the molecule is CNC1(C(=O)O)CC1(C)C. The van der Waals surface area contributed by atoms with Gasteiger partial charge in [-0.05, 0) is 18.9 Å². The van der Waals surface area contributed by atoms with Crippen LogP contribution in [0.4, 0.5) is 0 Å². The van der Waals surface area contributed by atoms with Crippen LogP contribution in [-0.2, 0) is 4.79 Å². The van der Waals surface area contributed by atoms with Crippen molar-refractivity contribution >= 4 is 5.97 Å². The molecule has 0 aromatic heterocycles. The maximum absolute atomic E-state index is 10.7. The van der Waals surface area contributed by atoms with Gasteiger partial charge in [0.05, 0.1) is 0 Å². The number of carbonyl (C=O) groups is 1. The second-order valence-corrected chi connectivity index (χ2v) is 3.52. The van der Waals surface area contributed by atoms with Crippen molar-refractivity contribution < 1.29 is 9.90 Å². The van der Waals surface area contributed by atoms with E-state index in [0.717, 1.165) is 6.42 Å². The molecule has 58 valence electrons. The highest BCUT2D eigenvalue weighted by Crippen LogP contribution is 2.55. The number of rotatable bonds is 2. The molecule has 2 N–H and O–H groups in total. The molecule has 0 radical (unpaired) electrons. The monoisotopic (exact) mass is 143 g/mol. The number of carboxylic acids is 1.